The fourth-order valence-electron chi connectivity index (χ4n) is 7.20. The first-order chi connectivity index (χ1) is 34.8. The molecule has 0 unspecified atom stereocenters. The average molecular weight is 1010 g/mol. The van der Waals surface area contributed by atoms with E-state index in [1.807, 2.05) is 60.7 Å². The minimum absolute atomic E-state index is 0.0408. The minimum atomic E-state index is -5.97. The van der Waals surface area contributed by atoms with Gasteiger partial charge in [0, 0.05) is 43.8 Å². The van der Waals surface area contributed by atoms with Crippen LogP contribution in [0.4, 0.5) is 18.9 Å². The second-order valence-electron chi connectivity index (χ2n) is 15.6. The number of nitrogens with zero attached hydrogens (tertiary/aromatic N) is 10. The third-order valence-electron chi connectivity index (χ3n) is 10.6. The van der Waals surface area contributed by atoms with Crippen LogP contribution in [0.2, 0.25) is 0 Å². The number of rotatable bonds is 12. The first-order valence-corrected chi connectivity index (χ1v) is 23.2. The van der Waals surface area contributed by atoms with E-state index < -0.39 is 32.5 Å². The van der Waals surface area contributed by atoms with E-state index in [0.29, 0.717) is 29.3 Å². The molecule has 0 amide bonds. The van der Waals surface area contributed by atoms with Gasteiger partial charge < -0.3 is 28.7 Å². The Labute approximate surface area is 405 Å². The van der Waals surface area contributed by atoms with Gasteiger partial charge in [-0.3, -0.25) is 14.4 Å². The SMILES string of the molecule is O=c1cc(N2CCCCC2)c2cncnc2n1OCc1ccccc1.O=c1cc(O)c2cncnc2n1OCc1ccccc1.O=c1cc(OS(=O)(=O)C(F)(F)F)c2cncnc2n1OCc1ccccc1. The van der Waals surface area contributed by atoms with Gasteiger partial charge in [-0.1, -0.05) is 91.0 Å². The van der Waals surface area contributed by atoms with Crippen LogP contribution in [0.25, 0.3) is 33.1 Å². The van der Waals surface area contributed by atoms with Crippen LogP contribution in [0.3, 0.4) is 0 Å². The number of benzene rings is 3. The summed E-state index contributed by atoms with van der Waals surface area (Å²) in [7, 11) is -5.97. The van der Waals surface area contributed by atoms with Crippen LogP contribution in [0.15, 0.2) is 161 Å². The Kier molecular flexibility index (Phi) is 15.3. The first kappa shape index (κ1) is 49.5. The molecule has 1 aliphatic rings. The number of halogens is 3. The largest absolute Gasteiger partial charge is 0.534 e. The summed E-state index contributed by atoms with van der Waals surface area (Å²) in [6.45, 7) is 2.41. The van der Waals surface area contributed by atoms with Gasteiger partial charge in [-0.25, -0.2) is 29.9 Å². The average Bonchev–Trinajstić information content (AvgIpc) is 3.39. The Morgan fingerprint density at radius 1 is 0.542 bits per heavy atom. The number of pyridine rings is 3. The van der Waals surface area contributed by atoms with Crippen molar-refractivity contribution in [3.63, 3.8) is 0 Å². The molecule has 1 saturated heterocycles. The van der Waals surface area contributed by atoms with E-state index in [9.17, 15) is 41.1 Å². The second-order valence-corrected chi connectivity index (χ2v) is 17.1. The lowest BCUT2D eigenvalue weighted by Crippen LogP contribution is -2.33. The van der Waals surface area contributed by atoms with E-state index in [1.54, 1.807) is 42.6 Å². The number of aromatic hydroxyl groups is 1. The molecule has 20 nitrogen and oxygen atoms in total. The van der Waals surface area contributed by atoms with Crippen LogP contribution < -0.4 is 40.3 Å². The molecule has 1 fully saturated rings. The second kappa shape index (κ2) is 22.2. The zero-order valence-electron chi connectivity index (χ0n) is 37.6. The fourth-order valence-corrected chi connectivity index (χ4v) is 7.67. The summed E-state index contributed by atoms with van der Waals surface area (Å²) < 4.78 is 67.3. The molecule has 9 aromatic rings. The Morgan fingerprint density at radius 2 is 0.944 bits per heavy atom. The first-order valence-electron chi connectivity index (χ1n) is 21.8. The van der Waals surface area contributed by atoms with Crippen LogP contribution >= 0.6 is 0 Å². The summed E-state index contributed by atoms with van der Waals surface area (Å²) in [6, 6.07) is 31.3. The summed E-state index contributed by atoms with van der Waals surface area (Å²) in [5, 5.41) is 10.7. The molecule has 0 bridgehead atoms. The molecule has 0 atom stereocenters. The number of anilines is 1. The lowest BCUT2D eigenvalue weighted by atomic mass is 10.1. The van der Waals surface area contributed by atoms with Gasteiger partial charge in [-0.15, -0.1) is 14.2 Å². The van der Waals surface area contributed by atoms with E-state index in [0.717, 1.165) is 76.2 Å². The monoisotopic (exact) mass is 1010 g/mol. The van der Waals surface area contributed by atoms with Gasteiger partial charge in [0.15, 0.2) is 22.7 Å². The van der Waals surface area contributed by atoms with Crippen LogP contribution in [0, 0.1) is 0 Å². The highest BCUT2D eigenvalue weighted by Gasteiger charge is 2.49. The molecule has 7 heterocycles. The zero-order chi connectivity index (χ0) is 50.7. The van der Waals surface area contributed by atoms with Gasteiger partial charge in [-0.05, 0) is 36.0 Å². The number of aromatic nitrogens is 9. The van der Waals surface area contributed by atoms with Crippen molar-refractivity contribution in [1.29, 1.82) is 0 Å². The van der Waals surface area contributed by atoms with Crippen LogP contribution in [-0.4, -0.2) is 76.2 Å². The Bertz CT molecular complexity index is 3610. The summed E-state index contributed by atoms with van der Waals surface area (Å²) in [6.07, 6.45) is 11.5. The standard InChI is InChI=1S/C19H20N4O2.C15H10F3N3O5S.C14H11N3O3/c24-18-11-17(22-9-5-2-6-10-22)16-12-20-14-21-19(16)23(18)25-13-15-7-3-1-4-8-15;16-15(17,18)27(23,24)26-12-6-13(22)21(14-11(12)7-19-9-20-14)25-8-10-4-2-1-3-5-10;18-12-6-13(19)17(14-11(12)7-15-9-16-14)20-8-10-4-2-1-3-5-10/h1,3-4,7-8,11-12,14H,2,5-6,9-10,13H2;1-7,9H,8H2;1-7,9,18H,8H2. The van der Waals surface area contributed by atoms with Crippen molar-refractivity contribution < 1.29 is 45.4 Å². The molecular weight excluding hydrogens is 966 g/mol. The highest BCUT2D eigenvalue weighted by molar-refractivity contribution is 7.88. The van der Waals surface area contributed by atoms with Crippen molar-refractivity contribution in [2.45, 2.75) is 44.6 Å². The van der Waals surface area contributed by atoms with Gasteiger partial charge in [0.05, 0.1) is 27.9 Å². The van der Waals surface area contributed by atoms with Crippen molar-refractivity contribution in [1.82, 2.24) is 44.1 Å². The Balaban J connectivity index is 0.000000146. The fraction of sp³-hybridized carbons (Fsp3) is 0.188. The molecule has 72 heavy (non-hydrogen) atoms. The van der Waals surface area contributed by atoms with Gasteiger partial charge in [-0.2, -0.15) is 21.6 Å². The molecule has 3 aromatic carbocycles. The highest BCUT2D eigenvalue weighted by atomic mass is 32.2. The maximum atomic E-state index is 12.7. The molecule has 1 aliphatic heterocycles. The minimum Gasteiger partial charge on any atom is -0.507 e. The van der Waals surface area contributed by atoms with Crippen LogP contribution in [0.5, 0.6) is 11.5 Å². The molecule has 0 saturated carbocycles. The molecule has 24 heteroatoms. The summed E-state index contributed by atoms with van der Waals surface area (Å²) in [4.78, 5) is 79.3. The number of fused-ring (bicyclic) bond motifs is 3. The molecule has 0 radical (unpaired) electrons. The van der Waals surface area contributed by atoms with Crippen LogP contribution in [0.1, 0.15) is 36.0 Å². The van der Waals surface area contributed by atoms with E-state index >= 15 is 0 Å². The van der Waals surface area contributed by atoms with Gasteiger partial charge in [0.25, 0.3) is 16.7 Å². The molecule has 370 valence electrons. The van der Waals surface area contributed by atoms with Crippen molar-refractivity contribution in [3.05, 3.63) is 195 Å². The van der Waals surface area contributed by atoms with Gasteiger partial charge >= 0.3 is 15.6 Å². The Hall–Kier alpha value is -8.93. The number of hydrogen-bond donors (Lipinski definition) is 1. The highest BCUT2D eigenvalue weighted by Crippen LogP contribution is 2.30. The van der Waals surface area contributed by atoms with Crippen molar-refractivity contribution in [2.75, 3.05) is 18.0 Å². The summed E-state index contributed by atoms with van der Waals surface area (Å²) >= 11 is 0. The topological polar surface area (TPSA) is 238 Å². The van der Waals surface area contributed by atoms with Gasteiger partial charge in [0.2, 0.25) is 0 Å². The lowest BCUT2D eigenvalue weighted by Gasteiger charge is -2.29. The normalized spacial score (nSPS) is 12.6. The molecule has 6 aromatic heterocycles. The van der Waals surface area contributed by atoms with Crippen molar-refractivity contribution in [2.24, 2.45) is 0 Å². The predicted octanol–water partition coefficient (Wildman–Crippen LogP) is 5.19. The van der Waals surface area contributed by atoms with E-state index in [-0.39, 0.29) is 41.2 Å². The summed E-state index contributed by atoms with van der Waals surface area (Å²) in [5.41, 5.74) is -3.27. The third kappa shape index (κ3) is 11.7. The van der Waals surface area contributed by atoms with Crippen molar-refractivity contribution in [3.8, 4) is 11.5 Å². The molecule has 10 rings (SSSR count). The maximum absolute atomic E-state index is 12.7. The van der Waals surface area contributed by atoms with Gasteiger partial charge in [0.1, 0.15) is 44.6 Å². The lowest BCUT2D eigenvalue weighted by molar-refractivity contribution is -0.0499. The smallest absolute Gasteiger partial charge is 0.507 e. The third-order valence-corrected chi connectivity index (χ3v) is 11.6. The maximum Gasteiger partial charge on any atom is 0.534 e. The Morgan fingerprint density at radius 3 is 1.42 bits per heavy atom. The number of hydrogen-bond acceptors (Lipinski definition) is 17. The quantitative estimate of drug-likeness (QED) is 0.122. The number of piperidine rings is 1. The summed E-state index contributed by atoms with van der Waals surface area (Å²) in [5.74, 6) is -1.02. The van der Waals surface area contributed by atoms with E-state index in [1.165, 1.54) is 30.0 Å². The molecule has 0 spiro atoms. The molecule has 0 aliphatic carbocycles. The van der Waals surface area contributed by atoms with Crippen LogP contribution in [-0.2, 0) is 29.9 Å². The number of alkyl halides is 3. The predicted molar refractivity (Wildman–Crippen MR) is 255 cm³/mol. The van der Waals surface area contributed by atoms with Crippen molar-refractivity contribution >= 4 is 48.9 Å². The molecular formula is C48H41F3N10O10S. The van der Waals surface area contributed by atoms with E-state index in [2.05, 4.69) is 39.0 Å². The molecule has 1 N–H and O–H groups in total. The van der Waals surface area contributed by atoms with E-state index in [4.69, 9.17) is 14.5 Å². The zero-order valence-corrected chi connectivity index (χ0v) is 38.5.